The molecule has 0 aromatic heterocycles. The van der Waals surface area contributed by atoms with Gasteiger partial charge < -0.3 is 10.2 Å². The summed E-state index contributed by atoms with van der Waals surface area (Å²) in [5.41, 5.74) is 1.01. The Hall–Kier alpha value is -0.670. The number of aromatic hydroxyl groups is 1. The monoisotopic (exact) mass is 198 g/mol. The molecule has 0 heterocycles. The van der Waals surface area contributed by atoms with Gasteiger partial charge in [0.1, 0.15) is 5.75 Å². The molecule has 0 aliphatic carbocycles. The van der Waals surface area contributed by atoms with Crippen LogP contribution in [0.4, 0.5) is 0 Å². The number of hydrogen-bond acceptors (Lipinski definition) is 3. The zero-order valence-electron chi connectivity index (χ0n) is 7.82. The Balaban J connectivity index is 3.12. The Labute approximate surface area is 82.6 Å². The molecule has 72 valence electrons. The van der Waals surface area contributed by atoms with Crippen molar-refractivity contribution in [2.45, 2.75) is 17.7 Å². The predicted molar refractivity (Wildman–Crippen MR) is 55.4 cm³/mol. The minimum atomic E-state index is 0.0783. The van der Waals surface area contributed by atoms with Crippen molar-refractivity contribution in [1.82, 2.24) is 0 Å². The number of aliphatic hydroxyl groups excluding tert-OH is 1. The summed E-state index contributed by atoms with van der Waals surface area (Å²) in [6, 6.07) is 5.41. The summed E-state index contributed by atoms with van der Waals surface area (Å²) < 4.78 is 0. The van der Waals surface area contributed by atoms with Gasteiger partial charge in [-0.1, -0.05) is 19.1 Å². The maximum Gasteiger partial charge on any atom is 0.129 e. The van der Waals surface area contributed by atoms with Crippen LogP contribution in [-0.2, 0) is 0 Å². The average molecular weight is 198 g/mol. The van der Waals surface area contributed by atoms with E-state index in [9.17, 15) is 5.11 Å². The van der Waals surface area contributed by atoms with Gasteiger partial charge in [0, 0.05) is 12.5 Å². The molecule has 1 unspecified atom stereocenters. The molecule has 3 heteroatoms. The third-order valence-electron chi connectivity index (χ3n) is 2.03. The summed E-state index contributed by atoms with van der Waals surface area (Å²) >= 11 is 1.50. The van der Waals surface area contributed by atoms with Crippen LogP contribution in [0.2, 0.25) is 0 Å². The van der Waals surface area contributed by atoms with E-state index in [2.05, 4.69) is 0 Å². The number of phenols is 1. The van der Waals surface area contributed by atoms with Gasteiger partial charge in [-0.05, 0) is 17.9 Å². The lowest BCUT2D eigenvalue weighted by molar-refractivity contribution is 0.271. The van der Waals surface area contributed by atoms with Gasteiger partial charge in [-0.2, -0.15) is 0 Å². The molecule has 0 amide bonds. The van der Waals surface area contributed by atoms with Crippen LogP contribution in [0.3, 0.4) is 0 Å². The fraction of sp³-hybridized carbons (Fsp3) is 0.400. The number of benzene rings is 1. The summed E-state index contributed by atoms with van der Waals surface area (Å²) in [5.74, 6) is 0.375. The molecule has 2 N–H and O–H groups in total. The molecule has 0 fully saturated rings. The van der Waals surface area contributed by atoms with E-state index in [1.165, 1.54) is 11.8 Å². The number of phenolic OH excluding ortho intramolecular Hbond substituents is 1. The van der Waals surface area contributed by atoms with Gasteiger partial charge in [0.15, 0.2) is 0 Å². The largest absolute Gasteiger partial charge is 0.507 e. The van der Waals surface area contributed by atoms with Gasteiger partial charge in [-0.25, -0.2) is 0 Å². The van der Waals surface area contributed by atoms with Crippen LogP contribution >= 0.6 is 11.8 Å². The van der Waals surface area contributed by atoms with E-state index in [-0.39, 0.29) is 12.5 Å². The Morgan fingerprint density at radius 2 is 2.15 bits per heavy atom. The van der Waals surface area contributed by atoms with Crippen molar-refractivity contribution in [3.63, 3.8) is 0 Å². The van der Waals surface area contributed by atoms with Crippen molar-refractivity contribution in [3.8, 4) is 5.75 Å². The molecule has 0 spiro atoms. The Morgan fingerprint density at radius 1 is 1.46 bits per heavy atom. The first-order valence-corrected chi connectivity index (χ1v) is 5.40. The standard InChI is InChI=1S/C10H14O2S/c1-7(6-11)8-4-3-5-9(12)10(8)13-2/h3-5,7,11-12H,6H2,1-2H3. The summed E-state index contributed by atoms with van der Waals surface area (Å²) in [5, 5.41) is 18.5. The van der Waals surface area contributed by atoms with Crippen molar-refractivity contribution < 1.29 is 10.2 Å². The van der Waals surface area contributed by atoms with E-state index in [0.717, 1.165) is 10.5 Å². The maximum atomic E-state index is 9.53. The fourth-order valence-electron chi connectivity index (χ4n) is 1.25. The molecule has 0 saturated carbocycles. The number of hydrogen-bond donors (Lipinski definition) is 2. The molecule has 1 rings (SSSR count). The van der Waals surface area contributed by atoms with E-state index >= 15 is 0 Å². The van der Waals surface area contributed by atoms with E-state index in [4.69, 9.17) is 5.11 Å². The van der Waals surface area contributed by atoms with Crippen molar-refractivity contribution in [2.24, 2.45) is 0 Å². The summed E-state index contributed by atoms with van der Waals surface area (Å²) in [4.78, 5) is 0.865. The highest BCUT2D eigenvalue weighted by Crippen LogP contribution is 2.34. The second kappa shape index (κ2) is 4.53. The minimum absolute atomic E-state index is 0.0783. The number of thioether (sulfide) groups is 1. The molecular formula is C10H14O2S. The van der Waals surface area contributed by atoms with Crippen LogP contribution < -0.4 is 0 Å². The SMILES string of the molecule is CSc1c(O)cccc1C(C)CO. The van der Waals surface area contributed by atoms with Gasteiger partial charge in [-0.15, -0.1) is 11.8 Å². The molecule has 0 bridgehead atoms. The topological polar surface area (TPSA) is 40.5 Å². The van der Waals surface area contributed by atoms with Gasteiger partial charge in [0.25, 0.3) is 0 Å². The first-order chi connectivity index (χ1) is 6.20. The zero-order valence-corrected chi connectivity index (χ0v) is 8.64. The molecule has 2 nitrogen and oxygen atoms in total. The van der Waals surface area contributed by atoms with Gasteiger partial charge in [0.2, 0.25) is 0 Å². The summed E-state index contributed by atoms with van der Waals surface area (Å²) in [6.07, 6.45) is 1.92. The number of aliphatic hydroxyl groups is 1. The molecule has 0 aliphatic rings. The lowest BCUT2D eigenvalue weighted by Gasteiger charge is -2.13. The third kappa shape index (κ3) is 2.17. The van der Waals surface area contributed by atoms with Crippen LogP contribution in [0.1, 0.15) is 18.4 Å². The molecule has 1 aromatic rings. The van der Waals surface area contributed by atoms with E-state index in [1.54, 1.807) is 12.1 Å². The van der Waals surface area contributed by atoms with Crippen LogP contribution in [0.5, 0.6) is 5.75 Å². The smallest absolute Gasteiger partial charge is 0.129 e. The quantitative estimate of drug-likeness (QED) is 0.732. The third-order valence-corrected chi connectivity index (χ3v) is 2.89. The number of rotatable bonds is 3. The fourth-order valence-corrected chi connectivity index (χ4v) is 2.03. The lowest BCUT2D eigenvalue weighted by atomic mass is 10.0. The zero-order chi connectivity index (χ0) is 9.84. The summed E-state index contributed by atoms with van der Waals surface area (Å²) in [7, 11) is 0. The molecule has 0 radical (unpaired) electrons. The van der Waals surface area contributed by atoms with E-state index in [0.29, 0.717) is 5.75 Å². The molecule has 1 atom stereocenters. The highest BCUT2D eigenvalue weighted by atomic mass is 32.2. The average Bonchev–Trinajstić information content (AvgIpc) is 2.16. The lowest BCUT2D eigenvalue weighted by Crippen LogP contribution is -2.00. The highest BCUT2D eigenvalue weighted by molar-refractivity contribution is 7.98. The van der Waals surface area contributed by atoms with Gasteiger partial charge in [-0.3, -0.25) is 0 Å². The van der Waals surface area contributed by atoms with Crippen LogP contribution in [0.25, 0.3) is 0 Å². The molecule has 0 aliphatic heterocycles. The predicted octanol–water partition coefficient (Wildman–Crippen LogP) is 2.21. The minimum Gasteiger partial charge on any atom is -0.507 e. The first kappa shape index (κ1) is 10.4. The van der Waals surface area contributed by atoms with Gasteiger partial charge in [0.05, 0.1) is 4.90 Å². The molecule has 0 saturated heterocycles. The Kier molecular flexibility index (Phi) is 3.63. The normalized spacial score (nSPS) is 12.8. The van der Waals surface area contributed by atoms with E-state index in [1.807, 2.05) is 19.2 Å². The second-order valence-corrected chi connectivity index (χ2v) is 3.80. The summed E-state index contributed by atoms with van der Waals surface area (Å²) in [6.45, 7) is 2.05. The van der Waals surface area contributed by atoms with Crippen LogP contribution in [0, 0.1) is 0 Å². The molecular weight excluding hydrogens is 184 g/mol. The van der Waals surface area contributed by atoms with Crippen LogP contribution in [0.15, 0.2) is 23.1 Å². The second-order valence-electron chi connectivity index (χ2n) is 2.98. The maximum absolute atomic E-state index is 9.53. The Morgan fingerprint density at radius 3 is 2.69 bits per heavy atom. The van der Waals surface area contributed by atoms with Crippen molar-refractivity contribution in [1.29, 1.82) is 0 Å². The highest BCUT2D eigenvalue weighted by Gasteiger charge is 2.11. The van der Waals surface area contributed by atoms with E-state index < -0.39 is 0 Å². The first-order valence-electron chi connectivity index (χ1n) is 4.17. The van der Waals surface area contributed by atoms with Crippen molar-refractivity contribution >= 4 is 11.8 Å². The molecule has 13 heavy (non-hydrogen) atoms. The Bertz CT molecular complexity index is 286. The van der Waals surface area contributed by atoms with Crippen molar-refractivity contribution in [2.75, 3.05) is 12.9 Å². The van der Waals surface area contributed by atoms with Crippen molar-refractivity contribution in [3.05, 3.63) is 23.8 Å². The van der Waals surface area contributed by atoms with Crippen LogP contribution in [-0.4, -0.2) is 23.1 Å². The molecule has 1 aromatic carbocycles. The van der Waals surface area contributed by atoms with Gasteiger partial charge >= 0.3 is 0 Å².